The third kappa shape index (κ3) is 4.64. The molecule has 6 nitrogen and oxygen atoms in total. The molecule has 160 valence electrons. The molecule has 0 aromatic heterocycles. The summed E-state index contributed by atoms with van der Waals surface area (Å²) in [5, 5.41) is 2.74. The van der Waals surface area contributed by atoms with Crippen molar-refractivity contribution in [2.75, 3.05) is 13.2 Å². The minimum Gasteiger partial charge on any atom is -0.449 e. The Morgan fingerprint density at radius 1 is 0.906 bits per heavy atom. The van der Waals surface area contributed by atoms with Crippen LogP contribution in [0, 0.1) is 11.8 Å². The first-order valence-electron chi connectivity index (χ1n) is 10.4. The van der Waals surface area contributed by atoms with E-state index in [-0.39, 0.29) is 18.4 Å². The SMILES string of the molecule is NNC(=O)c1ccc(C#CCCNC(=O)OCC2c3ccccc3-c3ccccc32)cc1. The molecule has 0 unspecified atom stereocenters. The van der Waals surface area contributed by atoms with E-state index in [9.17, 15) is 9.59 Å². The summed E-state index contributed by atoms with van der Waals surface area (Å²) in [6, 6.07) is 23.3. The van der Waals surface area contributed by atoms with E-state index in [2.05, 4.69) is 46.8 Å². The Bertz CT molecular complexity index is 1150. The molecule has 0 spiro atoms. The number of hydrazine groups is 1. The number of hydrogen-bond acceptors (Lipinski definition) is 4. The summed E-state index contributed by atoms with van der Waals surface area (Å²) in [7, 11) is 0. The maximum Gasteiger partial charge on any atom is 0.407 e. The molecule has 1 aliphatic carbocycles. The molecule has 3 aromatic carbocycles. The number of ether oxygens (including phenoxy) is 1. The lowest BCUT2D eigenvalue weighted by Gasteiger charge is -2.14. The molecule has 0 saturated heterocycles. The van der Waals surface area contributed by atoms with Crippen LogP contribution in [0.1, 0.15) is 39.4 Å². The van der Waals surface area contributed by atoms with Crippen molar-refractivity contribution in [3.05, 3.63) is 95.1 Å². The second-order valence-corrected chi connectivity index (χ2v) is 7.35. The van der Waals surface area contributed by atoms with Crippen LogP contribution in [-0.4, -0.2) is 25.2 Å². The van der Waals surface area contributed by atoms with Crippen LogP contribution in [0.5, 0.6) is 0 Å². The Balaban J connectivity index is 1.25. The number of nitrogens with two attached hydrogens (primary N) is 1. The Morgan fingerprint density at radius 3 is 2.16 bits per heavy atom. The third-order valence-electron chi connectivity index (χ3n) is 5.37. The molecule has 4 N–H and O–H groups in total. The van der Waals surface area contributed by atoms with Crippen molar-refractivity contribution in [1.29, 1.82) is 0 Å². The van der Waals surface area contributed by atoms with Gasteiger partial charge in [0.1, 0.15) is 6.61 Å². The molecule has 3 aromatic rings. The summed E-state index contributed by atoms with van der Waals surface area (Å²) in [4.78, 5) is 23.6. The minimum atomic E-state index is -0.453. The average molecular weight is 425 g/mol. The van der Waals surface area contributed by atoms with Crippen LogP contribution in [0.4, 0.5) is 4.79 Å². The molecule has 0 saturated carbocycles. The number of amides is 2. The number of hydrogen-bond donors (Lipinski definition) is 3. The first-order valence-corrected chi connectivity index (χ1v) is 10.4. The van der Waals surface area contributed by atoms with E-state index in [1.54, 1.807) is 24.3 Å². The van der Waals surface area contributed by atoms with E-state index in [1.165, 1.54) is 22.3 Å². The summed E-state index contributed by atoms with van der Waals surface area (Å²) in [6.07, 6.45) is 0.0284. The molecule has 1 aliphatic rings. The lowest BCUT2D eigenvalue weighted by atomic mass is 9.98. The lowest BCUT2D eigenvalue weighted by Crippen LogP contribution is -2.29. The second kappa shape index (κ2) is 9.82. The number of nitrogens with one attached hydrogen (secondary N) is 2. The molecule has 0 bridgehead atoms. The summed E-state index contributed by atoms with van der Waals surface area (Å²) in [6.45, 7) is 0.672. The fourth-order valence-corrected chi connectivity index (χ4v) is 3.83. The number of alkyl carbamates (subject to hydrolysis) is 1. The van der Waals surface area contributed by atoms with Gasteiger partial charge in [-0.15, -0.1) is 0 Å². The van der Waals surface area contributed by atoms with Gasteiger partial charge in [0.2, 0.25) is 0 Å². The Morgan fingerprint density at radius 2 is 1.53 bits per heavy atom. The maximum atomic E-state index is 12.2. The topological polar surface area (TPSA) is 93.5 Å². The summed E-state index contributed by atoms with van der Waals surface area (Å²) in [5.74, 6) is 10.8. The van der Waals surface area contributed by atoms with Crippen molar-refractivity contribution in [2.24, 2.45) is 5.84 Å². The molecule has 0 fully saturated rings. The molecule has 2 amide bonds. The van der Waals surface area contributed by atoms with Crippen LogP contribution in [-0.2, 0) is 4.74 Å². The summed E-state index contributed by atoms with van der Waals surface area (Å²) >= 11 is 0. The van der Waals surface area contributed by atoms with E-state index in [4.69, 9.17) is 10.6 Å². The smallest absolute Gasteiger partial charge is 0.407 e. The molecule has 32 heavy (non-hydrogen) atoms. The molecule has 0 aliphatic heterocycles. The van der Waals surface area contributed by atoms with E-state index in [0.29, 0.717) is 18.5 Å². The third-order valence-corrected chi connectivity index (χ3v) is 5.37. The van der Waals surface area contributed by atoms with Gasteiger partial charge in [0.15, 0.2) is 0 Å². The second-order valence-electron chi connectivity index (χ2n) is 7.35. The van der Waals surface area contributed by atoms with Crippen molar-refractivity contribution in [3.63, 3.8) is 0 Å². The highest BCUT2D eigenvalue weighted by atomic mass is 16.5. The molecule has 4 rings (SSSR count). The van der Waals surface area contributed by atoms with Gasteiger partial charge in [0, 0.05) is 30.0 Å². The average Bonchev–Trinajstić information content (AvgIpc) is 3.16. The molecule has 6 heteroatoms. The summed E-state index contributed by atoms with van der Waals surface area (Å²) in [5.41, 5.74) is 8.09. The maximum absolute atomic E-state index is 12.2. The number of nitrogen functional groups attached to an aromatic ring is 1. The fraction of sp³-hybridized carbons (Fsp3) is 0.154. The van der Waals surface area contributed by atoms with Gasteiger partial charge in [-0.25, -0.2) is 10.6 Å². The number of carbonyl (C=O) groups excluding carboxylic acids is 2. The number of fused-ring (bicyclic) bond motifs is 3. The molecule has 0 heterocycles. The van der Waals surface area contributed by atoms with E-state index < -0.39 is 6.09 Å². The lowest BCUT2D eigenvalue weighted by molar-refractivity contribution is 0.0953. The van der Waals surface area contributed by atoms with E-state index in [0.717, 1.165) is 5.56 Å². The first kappa shape index (κ1) is 21.2. The monoisotopic (exact) mass is 425 g/mol. The van der Waals surface area contributed by atoms with Crippen molar-refractivity contribution < 1.29 is 14.3 Å². The van der Waals surface area contributed by atoms with Crippen LogP contribution in [0.15, 0.2) is 72.8 Å². The Labute approximate surface area is 186 Å². The molecule has 0 atom stereocenters. The van der Waals surface area contributed by atoms with Gasteiger partial charge in [-0.3, -0.25) is 10.2 Å². The highest BCUT2D eigenvalue weighted by Crippen LogP contribution is 2.44. The van der Waals surface area contributed by atoms with Gasteiger partial charge in [-0.05, 0) is 46.5 Å². The van der Waals surface area contributed by atoms with Crippen LogP contribution in [0.2, 0.25) is 0 Å². The number of carbonyl (C=O) groups is 2. The predicted octanol–water partition coefficient (Wildman–Crippen LogP) is 3.57. The van der Waals surface area contributed by atoms with Gasteiger partial charge in [-0.2, -0.15) is 0 Å². The fourth-order valence-electron chi connectivity index (χ4n) is 3.83. The van der Waals surface area contributed by atoms with Crippen molar-refractivity contribution in [3.8, 4) is 23.0 Å². The predicted molar refractivity (Wildman–Crippen MR) is 123 cm³/mol. The quantitative estimate of drug-likeness (QED) is 0.192. The largest absolute Gasteiger partial charge is 0.449 e. The van der Waals surface area contributed by atoms with Crippen LogP contribution in [0.25, 0.3) is 11.1 Å². The van der Waals surface area contributed by atoms with E-state index in [1.807, 2.05) is 24.3 Å². The van der Waals surface area contributed by atoms with Crippen LogP contribution in [0.3, 0.4) is 0 Å². The molecular formula is C26H23N3O3. The Hall–Kier alpha value is -4.08. The van der Waals surface area contributed by atoms with E-state index >= 15 is 0 Å². The minimum absolute atomic E-state index is 0.0391. The van der Waals surface area contributed by atoms with Gasteiger partial charge in [0.05, 0.1) is 0 Å². The Kier molecular flexibility index (Phi) is 6.49. The zero-order valence-electron chi connectivity index (χ0n) is 17.4. The standard InChI is InChI=1S/C26H23N3O3/c27-29-25(30)19-14-12-18(13-15-19)7-5-6-16-28-26(31)32-17-24-22-10-3-1-8-20(22)21-9-2-4-11-23(21)24/h1-4,8-15,24H,6,16-17,27H2,(H,28,31)(H,29,30). The normalized spacial score (nSPS) is 11.5. The highest BCUT2D eigenvalue weighted by molar-refractivity contribution is 5.93. The van der Waals surface area contributed by atoms with Crippen LogP contribution >= 0.6 is 0 Å². The van der Waals surface area contributed by atoms with Crippen molar-refractivity contribution >= 4 is 12.0 Å². The zero-order chi connectivity index (χ0) is 22.3. The van der Waals surface area contributed by atoms with Crippen molar-refractivity contribution in [1.82, 2.24) is 10.7 Å². The number of rotatable bonds is 5. The molecular weight excluding hydrogens is 402 g/mol. The van der Waals surface area contributed by atoms with Gasteiger partial charge in [-0.1, -0.05) is 60.4 Å². The van der Waals surface area contributed by atoms with Gasteiger partial charge < -0.3 is 10.1 Å². The molecule has 0 radical (unpaired) electrons. The highest BCUT2D eigenvalue weighted by Gasteiger charge is 2.28. The number of benzene rings is 3. The summed E-state index contributed by atoms with van der Waals surface area (Å²) < 4.78 is 5.50. The van der Waals surface area contributed by atoms with Crippen LogP contribution < -0.4 is 16.6 Å². The zero-order valence-corrected chi connectivity index (χ0v) is 17.4. The van der Waals surface area contributed by atoms with Gasteiger partial charge in [0.25, 0.3) is 5.91 Å². The van der Waals surface area contributed by atoms with Gasteiger partial charge >= 0.3 is 6.09 Å². The first-order chi connectivity index (χ1) is 15.7. The van der Waals surface area contributed by atoms with Crippen molar-refractivity contribution in [2.45, 2.75) is 12.3 Å².